The fourth-order valence-electron chi connectivity index (χ4n) is 4.31. The van der Waals surface area contributed by atoms with Crippen LogP contribution in [0.2, 0.25) is 0 Å². The van der Waals surface area contributed by atoms with Crippen molar-refractivity contribution in [3.8, 4) is 5.75 Å². The summed E-state index contributed by atoms with van der Waals surface area (Å²) in [6.45, 7) is 5.05. The first kappa shape index (κ1) is 20.5. The number of para-hydroxylation sites is 1. The summed E-state index contributed by atoms with van der Waals surface area (Å²) in [4.78, 5) is 17.1. The lowest BCUT2D eigenvalue weighted by Gasteiger charge is -2.26. The predicted octanol–water partition coefficient (Wildman–Crippen LogP) is 3.43. The second-order valence-electron chi connectivity index (χ2n) is 8.18. The second kappa shape index (κ2) is 9.81. The summed E-state index contributed by atoms with van der Waals surface area (Å²) >= 11 is 0. The molecule has 0 radical (unpaired) electrons. The molecule has 0 aromatic heterocycles. The first-order valence-electron chi connectivity index (χ1n) is 10.8. The minimum absolute atomic E-state index is 0.134. The van der Waals surface area contributed by atoms with Gasteiger partial charge in [0.05, 0.1) is 13.7 Å². The van der Waals surface area contributed by atoms with Crippen LogP contribution in [-0.2, 0) is 4.79 Å². The molecule has 0 bridgehead atoms. The zero-order chi connectivity index (χ0) is 20.8. The number of nitrogens with zero attached hydrogens (tertiary/aromatic N) is 2. The van der Waals surface area contributed by atoms with Gasteiger partial charge < -0.3 is 15.0 Å². The van der Waals surface area contributed by atoms with E-state index >= 15 is 0 Å². The highest BCUT2D eigenvalue weighted by molar-refractivity contribution is 5.78. The van der Waals surface area contributed by atoms with Crippen molar-refractivity contribution < 1.29 is 9.53 Å². The third-order valence-electron chi connectivity index (χ3n) is 6.12. The normalized spacial score (nSPS) is 19.4. The molecule has 1 saturated heterocycles. The van der Waals surface area contributed by atoms with Crippen LogP contribution in [0.1, 0.15) is 18.4 Å². The van der Waals surface area contributed by atoms with Crippen LogP contribution in [0, 0.1) is 5.92 Å². The molecule has 1 amide bonds. The van der Waals surface area contributed by atoms with Crippen molar-refractivity contribution in [2.24, 2.45) is 5.92 Å². The van der Waals surface area contributed by atoms with Crippen molar-refractivity contribution in [2.75, 3.05) is 51.3 Å². The van der Waals surface area contributed by atoms with Gasteiger partial charge in [0.2, 0.25) is 5.91 Å². The van der Waals surface area contributed by atoms with E-state index in [2.05, 4.69) is 57.6 Å². The number of anilines is 1. The smallest absolute Gasteiger partial charge is 0.234 e. The fourth-order valence-corrected chi connectivity index (χ4v) is 4.31. The summed E-state index contributed by atoms with van der Waals surface area (Å²) in [7, 11) is 1.68. The van der Waals surface area contributed by atoms with E-state index in [1.165, 1.54) is 16.8 Å². The molecule has 2 aliphatic heterocycles. The Morgan fingerprint density at radius 2 is 1.90 bits per heavy atom. The molecule has 0 unspecified atom stereocenters. The molecule has 0 spiro atoms. The molecule has 1 fully saturated rings. The summed E-state index contributed by atoms with van der Waals surface area (Å²) < 4.78 is 5.23. The maximum atomic E-state index is 12.4. The Bertz CT molecular complexity index is 864. The van der Waals surface area contributed by atoms with Crippen molar-refractivity contribution in [3.63, 3.8) is 0 Å². The quantitative estimate of drug-likeness (QED) is 0.767. The monoisotopic (exact) mass is 405 g/mol. The number of carbonyl (C=O) groups is 1. The topological polar surface area (TPSA) is 44.8 Å². The molecule has 2 heterocycles. The van der Waals surface area contributed by atoms with E-state index in [-0.39, 0.29) is 5.91 Å². The van der Waals surface area contributed by atoms with Gasteiger partial charge in [-0.1, -0.05) is 36.4 Å². The third-order valence-corrected chi connectivity index (χ3v) is 6.12. The van der Waals surface area contributed by atoms with Crippen LogP contribution in [0.25, 0.3) is 5.57 Å². The Labute approximate surface area is 179 Å². The number of benzene rings is 2. The molecule has 1 atom stereocenters. The van der Waals surface area contributed by atoms with Gasteiger partial charge in [-0.3, -0.25) is 9.69 Å². The average molecular weight is 406 g/mol. The number of ether oxygens (including phenoxy) is 1. The van der Waals surface area contributed by atoms with Crippen LogP contribution in [0.5, 0.6) is 5.75 Å². The standard InChI is InChI=1S/C25H31N3O2/c1-30-24-9-7-21(8-10-24)22-12-14-27(15-13-22)19-25(29)26-17-20-11-16-28(18-20)23-5-3-2-4-6-23/h2-10,12,20H,11,13-19H2,1H3,(H,26,29)/t20-/m1/s1. The van der Waals surface area contributed by atoms with Crippen LogP contribution in [0.4, 0.5) is 5.69 Å². The number of rotatable bonds is 7. The first-order chi connectivity index (χ1) is 14.7. The SMILES string of the molecule is COc1ccc(C2=CCN(CC(=O)NC[C@H]3CCN(c4ccccc4)C3)CC2)cc1. The zero-order valence-electron chi connectivity index (χ0n) is 17.7. The molecule has 4 rings (SSSR count). The van der Waals surface area contributed by atoms with Gasteiger partial charge in [-0.25, -0.2) is 0 Å². The van der Waals surface area contributed by atoms with Gasteiger partial charge in [-0.15, -0.1) is 0 Å². The number of nitrogens with one attached hydrogen (secondary N) is 1. The Hall–Kier alpha value is -2.79. The van der Waals surface area contributed by atoms with Crippen LogP contribution in [0.15, 0.2) is 60.7 Å². The van der Waals surface area contributed by atoms with E-state index in [1.54, 1.807) is 7.11 Å². The van der Waals surface area contributed by atoms with Crippen LogP contribution >= 0.6 is 0 Å². The lowest BCUT2D eigenvalue weighted by Crippen LogP contribution is -2.41. The van der Waals surface area contributed by atoms with Crippen LogP contribution in [-0.4, -0.2) is 57.2 Å². The zero-order valence-corrected chi connectivity index (χ0v) is 17.7. The Morgan fingerprint density at radius 1 is 1.10 bits per heavy atom. The second-order valence-corrected chi connectivity index (χ2v) is 8.18. The van der Waals surface area contributed by atoms with Gasteiger partial charge in [0.25, 0.3) is 0 Å². The third kappa shape index (κ3) is 5.22. The van der Waals surface area contributed by atoms with Gasteiger partial charge in [0, 0.05) is 38.4 Å². The maximum Gasteiger partial charge on any atom is 0.234 e. The molecule has 0 aliphatic carbocycles. The molecule has 2 aromatic carbocycles. The maximum absolute atomic E-state index is 12.4. The summed E-state index contributed by atoms with van der Waals surface area (Å²) in [6, 6.07) is 18.7. The largest absolute Gasteiger partial charge is 0.497 e. The fraction of sp³-hybridized carbons (Fsp3) is 0.400. The van der Waals surface area contributed by atoms with Gasteiger partial charge in [0.15, 0.2) is 0 Å². The van der Waals surface area contributed by atoms with E-state index in [1.807, 2.05) is 18.2 Å². The summed E-state index contributed by atoms with van der Waals surface area (Å²) in [6.07, 6.45) is 4.34. The molecule has 158 valence electrons. The minimum atomic E-state index is 0.134. The van der Waals surface area contributed by atoms with Gasteiger partial charge in [0.1, 0.15) is 5.75 Å². The van der Waals surface area contributed by atoms with Crippen molar-refractivity contribution in [3.05, 3.63) is 66.2 Å². The summed E-state index contributed by atoms with van der Waals surface area (Å²) in [5.74, 6) is 1.54. The van der Waals surface area contributed by atoms with Crippen molar-refractivity contribution in [1.82, 2.24) is 10.2 Å². The first-order valence-corrected chi connectivity index (χ1v) is 10.8. The van der Waals surface area contributed by atoms with E-state index in [4.69, 9.17) is 4.74 Å². The van der Waals surface area contributed by atoms with E-state index < -0.39 is 0 Å². The van der Waals surface area contributed by atoms with Crippen LogP contribution < -0.4 is 15.0 Å². The summed E-state index contributed by atoms with van der Waals surface area (Å²) in [5, 5.41) is 3.16. The number of methoxy groups -OCH3 is 1. The van der Waals surface area contributed by atoms with E-state index in [0.717, 1.165) is 51.3 Å². The van der Waals surface area contributed by atoms with Crippen LogP contribution in [0.3, 0.4) is 0 Å². The highest BCUT2D eigenvalue weighted by Crippen LogP contribution is 2.25. The Kier molecular flexibility index (Phi) is 6.70. The molecule has 1 N–H and O–H groups in total. The molecule has 30 heavy (non-hydrogen) atoms. The Balaban J connectivity index is 1.19. The highest BCUT2D eigenvalue weighted by atomic mass is 16.5. The molecule has 5 nitrogen and oxygen atoms in total. The van der Waals surface area contributed by atoms with Gasteiger partial charge in [-0.2, -0.15) is 0 Å². The van der Waals surface area contributed by atoms with Crippen molar-refractivity contribution in [1.29, 1.82) is 0 Å². The molecule has 2 aromatic rings. The lowest BCUT2D eigenvalue weighted by atomic mass is 9.99. The minimum Gasteiger partial charge on any atom is -0.497 e. The van der Waals surface area contributed by atoms with Crippen molar-refractivity contribution in [2.45, 2.75) is 12.8 Å². The molecule has 5 heteroatoms. The van der Waals surface area contributed by atoms with Crippen molar-refractivity contribution >= 4 is 17.2 Å². The van der Waals surface area contributed by atoms with Gasteiger partial charge in [-0.05, 0) is 54.2 Å². The van der Waals surface area contributed by atoms with Gasteiger partial charge >= 0.3 is 0 Å². The summed E-state index contributed by atoms with van der Waals surface area (Å²) in [5.41, 5.74) is 3.87. The number of amides is 1. The van der Waals surface area contributed by atoms with E-state index in [9.17, 15) is 4.79 Å². The Morgan fingerprint density at radius 3 is 2.60 bits per heavy atom. The van der Waals surface area contributed by atoms with E-state index in [0.29, 0.717) is 12.5 Å². The average Bonchev–Trinajstić information content (AvgIpc) is 3.28. The number of hydrogen-bond acceptors (Lipinski definition) is 4. The predicted molar refractivity (Wildman–Crippen MR) is 122 cm³/mol. The lowest BCUT2D eigenvalue weighted by molar-refractivity contribution is -0.122. The highest BCUT2D eigenvalue weighted by Gasteiger charge is 2.23. The molecular formula is C25H31N3O2. The molecular weight excluding hydrogens is 374 g/mol. The number of hydrogen-bond donors (Lipinski definition) is 1. The number of carbonyl (C=O) groups excluding carboxylic acids is 1. The molecule has 2 aliphatic rings. The molecule has 0 saturated carbocycles.